The van der Waals surface area contributed by atoms with Crippen LogP contribution in [0.5, 0.6) is 0 Å². The van der Waals surface area contributed by atoms with Gasteiger partial charge in [-0.2, -0.15) is 4.98 Å². The van der Waals surface area contributed by atoms with Crippen LogP contribution in [0.2, 0.25) is 0 Å². The fourth-order valence-corrected chi connectivity index (χ4v) is 2.79. The zero-order valence-electron chi connectivity index (χ0n) is 16.2. The van der Waals surface area contributed by atoms with Gasteiger partial charge in [-0.05, 0) is 23.8 Å². The van der Waals surface area contributed by atoms with Gasteiger partial charge < -0.3 is 15.6 Å². The monoisotopic (exact) mass is 358 g/mol. The number of aromatic nitrogens is 2. The second kappa shape index (κ2) is 9.48. The number of carbonyl (C=O) groups excluding carboxylic acids is 1. The fourth-order valence-electron chi connectivity index (χ4n) is 2.79. The SMILES string of the molecule is CC(C)CC(CN)NC(=O)CCc1nc(-c2ccc(C(C)C)cc2)no1. The number of nitrogens with zero attached hydrogens (tertiary/aromatic N) is 2. The summed E-state index contributed by atoms with van der Waals surface area (Å²) < 4.78 is 5.28. The zero-order chi connectivity index (χ0) is 19.1. The number of amides is 1. The molecule has 0 aliphatic rings. The van der Waals surface area contributed by atoms with E-state index in [0.29, 0.717) is 42.9 Å². The molecule has 6 heteroatoms. The van der Waals surface area contributed by atoms with Crippen molar-refractivity contribution >= 4 is 5.91 Å². The summed E-state index contributed by atoms with van der Waals surface area (Å²) in [7, 11) is 0. The Hall–Kier alpha value is -2.21. The summed E-state index contributed by atoms with van der Waals surface area (Å²) >= 11 is 0. The molecule has 1 amide bonds. The van der Waals surface area contributed by atoms with E-state index in [2.05, 4.69) is 55.3 Å². The van der Waals surface area contributed by atoms with Gasteiger partial charge in [0.15, 0.2) is 0 Å². The highest BCUT2D eigenvalue weighted by Crippen LogP contribution is 2.20. The summed E-state index contributed by atoms with van der Waals surface area (Å²) in [5.41, 5.74) is 7.90. The third-order valence-corrected chi connectivity index (χ3v) is 4.28. The summed E-state index contributed by atoms with van der Waals surface area (Å²) in [6, 6.07) is 8.15. The van der Waals surface area contributed by atoms with E-state index in [9.17, 15) is 4.79 Å². The standard InChI is InChI=1S/C20H30N4O2/c1-13(2)11-17(12-21)22-18(25)9-10-19-23-20(24-26-19)16-7-5-15(6-8-16)14(3)4/h5-8,13-14,17H,9-12,21H2,1-4H3,(H,22,25). The number of rotatable bonds is 9. The van der Waals surface area contributed by atoms with Crippen molar-refractivity contribution < 1.29 is 9.32 Å². The van der Waals surface area contributed by atoms with Crippen LogP contribution in [0.4, 0.5) is 0 Å². The molecule has 0 aliphatic carbocycles. The van der Waals surface area contributed by atoms with Crippen molar-refractivity contribution in [3.05, 3.63) is 35.7 Å². The molecule has 26 heavy (non-hydrogen) atoms. The van der Waals surface area contributed by atoms with Gasteiger partial charge in [-0.1, -0.05) is 57.1 Å². The number of benzene rings is 1. The van der Waals surface area contributed by atoms with E-state index in [0.717, 1.165) is 12.0 Å². The van der Waals surface area contributed by atoms with Crippen LogP contribution >= 0.6 is 0 Å². The lowest BCUT2D eigenvalue weighted by Crippen LogP contribution is -2.41. The van der Waals surface area contributed by atoms with Gasteiger partial charge in [0.2, 0.25) is 17.6 Å². The molecule has 1 aromatic carbocycles. The number of aryl methyl sites for hydroxylation is 1. The van der Waals surface area contributed by atoms with E-state index >= 15 is 0 Å². The largest absolute Gasteiger partial charge is 0.352 e. The first-order chi connectivity index (χ1) is 12.4. The molecule has 2 aromatic rings. The Balaban J connectivity index is 1.88. The number of nitrogens with two attached hydrogens (primary N) is 1. The van der Waals surface area contributed by atoms with Crippen molar-refractivity contribution in [2.75, 3.05) is 6.54 Å². The zero-order valence-corrected chi connectivity index (χ0v) is 16.2. The second-order valence-corrected chi connectivity index (χ2v) is 7.42. The quantitative estimate of drug-likeness (QED) is 0.717. The van der Waals surface area contributed by atoms with Crippen LogP contribution in [0, 0.1) is 5.92 Å². The molecule has 0 saturated heterocycles. The Kier molecular flexibility index (Phi) is 7.33. The number of nitrogens with one attached hydrogen (secondary N) is 1. The first-order valence-corrected chi connectivity index (χ1v) is 9.31. The topological polar surface area (TPSA) is 94.0 Å². The molecule has 1 heterocycles. The molecular formula is C20H30N4O2. The van der Waals surface area contributed by atoms with Crippen molar-refractivity contribution in [3.8, 4) is 11.4 Å². The van der Waals surface area contributed by atoms with Gasteiger partial charge >= 0.3 is 0 Å². The number of carbonyl (C=O) groups is 1. The Morgan fingerprint density at radius 3 is 2.46 bits per heavy atom. The summed E-state index contributed by atoms with van der Waals surface area (Å²) in [5.74, 6) is 1.95. The highest BCUT2D eigenvalue weighted by atomic mass is 16.5. The number of hydrogen-bond acceptors (Lipinski definition) is 5. The average molecular weight is 358 g/mol. The first-order valence-electron chi connectivity index (χ1n) is 9.31. The van der Waals surface area contributed by atoms with Crippen molar-refractivity contribution in [2.24, 2.45) is 11.7 Å². The second-order valence-electron chi connectivity index (χ2n) is 7.42. The van der Waals surface area contributed by atoms with Crippen molar-refractivity contribution in [3.63, 3.8) is 0 Å². The molecule has 0 saturated carbocycles. The Bertz CT molecular complexity index is 692. The lowest BCUT2D eigenvalue weighted by molar-refractivity contribution is -0.121. The van der Waals surface area contributed by atoms with E-state index in [1.54, 1.807) is 0 Å². The van der Waals surface area contributed by atoms with Crippen molar-refractivity contribution in [1.29, 1.82) is 0 Å². The minimum absolute atomic E-state index is 0.0141. The third-order valence-electron chi connectivity index (χ3n) is 4.28. The maximum Gasteiger partial charge on any atom is 0.227 e. The van der Waals surface area contributed by atoms with E-state index in [1.165, 1.54) is 5.56 Å². The molecule has 1 aromatic heterocycles. The highest BCUT2D eigenvalue weighted by molar-refractivity contribution is 5.76. The minimum Gasteiger partial charge on any atom is -0.352 e. The molecule has 0 radical (unpaired) electrons. The molecule has 1 unspecified atom stereocenters. The number of hydrogen-bond donors (Lipinski definition) is 2. The van der Waals surface area contributed by atoms with E-state index in [4.69, 9.17) is 10.3 Å². The third kappa shape index (κ3) is 5.95. The predicted octanol–water partition coefficient (Wildman–Crippen LogP) is 3.28. The van der Waals surface area contributed by atoms with Gasteiger partial charge in [-0.3, -0.25) is 4.79 Å². The lowest BCUT2D eigenvalue weighted by Gasteiger charge is -2.18. The minimum atomic E-state index is -0.0397. The molecule has 142 valence electrons. The molecule has 0 bridgehead atoms. The summed E-state index contributed by atoms with van der Waals surface area (Å²) in [5, 5.41) is 6.99. The molecule has 0 spiro atoms. The lowest BCUT2D eigenvalue weighted by atomic mass is 10.0. The van der Waals surface area contributed by atoms with Gasteiger partial charge in [0.05, 0.1) is 0 Å². The first kappa shape index (κ1) is 20.1. The normalized spacial score (nSPS) is 12.6. The van der Waals surface area contributed by atoms with Crippen LogP contribution in [-0.4, -0.2) is 28.6 Å². The summed E-state index contributed by atoms with van der Waals surface area (Å²) in [6.45, 7) is 8.98. The van der Waals surface area contributed by atoms with Crippen LogP contribution in [0.1, 0.15) is 57.9 Å². The van der Waals surface area contributed by atoms with E-state index < -0.39 is 0 Å². The van der Waals surface area contributed by atoms with Gasteiger partial charge in [-0.15, -0.1) is 0 Å². The van der Waals surface area contributed by atoms with E-state index in [1.807, 2.05) is 12.1 Å². The molecule has 0 fully saturated rings. The molecule has 0 aliphatic heterocycles. The molecular weight excluding hydrogens is 328 g/mol. The average Bonchev–Trinajstić information content (AvgIpc) is 3.08. The van der Waals surface area contributed by atoms with Crippen LogP contribution < -0.4 is 11.1 Å². The Labute approximate surface area is 155 Å². The Morgan fingerprint density at radius 1 is 1.19 bits per heavy atom. The van der Waals surface area contributed by atoms with Crippen LogP contribution in [0.15, 0.2) is 28.8 Å². The highest BCUT2D eigenvalue weighted by Gasteiger charge is 2.14. The van der Waals surface area contributed by atoms with Gasteiger partial charge in [0.25, 0.3) is 0 Å². The maximum absolute atomic E-state index is 12.1. The summed E-state index contributed by atoms with van der Waals surface area (Å²) in [6.07, 6.45) is 1.60. The van der Waals surface area contributed by atoms with Crippen LogP contribution in [-0.2, 0) is 11.2 Å². The molecule has 1 atom stereocenters. The van der Waals surface area contributed by atoms with Crippen molar-refractivity contribution in [1.82, 2.24) is 15.5 Å². The summed E-state index contributed by atoms with van der Waals surface area (Å²) in [4.78, 5) is 16.5. The fraction of sp³-hybridized carbons (Fsp3) is 0.550. The molecule has 3 N–H and O–H groups in total. The van der Waals surface area contributed by atoms with Crippen LogP contribution in [0.3, 0.4) is 0 Å². The van der Waals surface area contributed by atoms with Gasteiger partial charge in [0.1, 0.15) is 0 Å². The van der Waals surface area contributed by atoms with Crippen molar-refractivity contribution in [2.45, 2.75) is 58.9 Å². The Morgan fingerprint density at radius 2 is 1.88 bits per heavy atom. The smallest absolute Gasteiger partial charge is 0.227 e. The van der Waals surface area contributed by atoms with Gasteiger partial charge in [-0.25, -0.2) is 0 Å². The van der Waals surface area contributed by atoms with E-state index in [-0.39, 0.29) is 11.9 Å². The maximum atomic E-state index is 12.1. The predicted molar refractivity (Wildman–Crippen MR) is 103 cm³/mol. The van der Waals surface area contributed by atoms with Crippen LogP contribution in [0.25, 0.3) is 11.4 Å². The molecule has 2 rings (SSSR count). The molecule has 6 nitrogen and oxygen atoms in total. The van der Waals surface area contributed by atoms with Gasteiger partial charge in [0, 0.05) is 31.0 Å².